The normalized spacial score (nSPS) is 10.9. The number of ether oxygens (including phenoxy) is 3. The molecule has 2 heterocycles. The molecule has 3 aromatic rings. The fourth-order valence-electron chi connectivity index (χ4n) is 3.33. The summed E-state index contributed by atoms with van der Waals surface area (Å²) in [6.45, 7) is 0.806. The predicted octanol–water partition coefficient (Wildman–Crippen LogP) is 0.280. The Hall–Kier alpha value is -3.76. The Morgan fingerprint density at radius 3 is 2.26 bits per heavy atom. The molecule has 0 fully saturated rings. The molecule has 0 aliphatic carbocycles. The maximum atomic E-state index is 12.6. The van der Waals surface area contributed by atoms with Crippen molar-refractivity contribution in [1.82, 2.24) is 24.0 Å². The van der Waals surface area contributed by atoms with Crippen LogP contribution in [0.2, 0.25) is 0 Å². The second kappa shape index (κ2) is 8.94. The van der Waals surface area contributed by atoms with E-state index in [-0.39, 0.29) is 5.91 Å². The van der Waals surface area contributed by atoms with Crippen LogP contribution in [0.4, 0.5) is 0 Å². The number of methoxy groups -OCH3 is 3. The Labute approximate surface area is 177 Å². The third-order valence-corrected chi connectivity index (χ3v) is 5.01. The SMILES string of the molecule is COc1cc(C(=O)NCCCn2cnc3c2c(=O)n(C)c(=O)n3C)cc(OC)c1OC. The minimum absolute atomic E-state index is 0.298. The number of imidazole rings is 1. The zero-order chi connectivity index (χ0) is 22.7. The van der Waals surface area contributed by atoms with Gasteiger partial charge in [0.25, 0.3) is 11.5 Å². The number of aromatic nitrogens is 4. The minimum atomic E-state index is -0.430. The standard InChI is InChI=1S/C20H25N5O6/c1-23-17-15(19(27)24(2)20(23)28)25(11-22-17)8-6-7-21-18(26)12-9-13(29-3)16(31-5)14(10-12)30-4/h9-11H,6-8H2,1-5H3,(H,21,26). The minimum Gasteiger partial charge on any atom is -0.493 e. The molecule has 0 aliphatic rings. The molecule has 0 spiro atoms. The van der Waals surface area contributed by atoms with E-state index in [2.05, 4.69) is 10.3 Å². The Morgan fingerprint density at radius 2 is 1.68 bits per heavy atom. The zero-order valence-electron chi connectivity index (χ0n) is 18.1. The van der Waals surface area contributed by atoms with Gasteiger partial charge in [-0.1, -0.05) is 0 Å². The molecule has 0 aliphatic heterocycles. The maximum Gasteiger partial charge on any atom is 0.332 e. The van der Waals surface area contributed by atoms with Crippen LogP contribution in [0.25, 0.3) is 11.2 Å². The first-order valence-electron chi connectivity index (χ1n) is 9.53. The molecule has 1 N–H and O–H groups in total. The molecule has 1 amide bonds. The van der Waals surface area contributed by atoms with Gasteiger partial charge in [0.05, 0.1) is 27.7 Å². The number of nitrogens with zero attached hydrogens (tertiary/aromatic N) is 4. The maximum absolute atomic E-state index is 12.6. The summed E-state index contributed by atoms with van der Waals surface area (Å²) in [5.41, 5.74) is 0.207. The number of nitrogens with one attached hydrogen (secondary N) is 1. The molecule has 166 valence electrons. The molecule has 11 nitrogen and oxygen atoms in total. The number of benzene rings is 1. The summed E-state index contributed by atoms with van der Waals surface area (Å²) in [4.78, 5) is 41.2. The molecular formula is C20H25N5O6. The molecule has 0 saturated carbocycles. The van der Waals surface area contributed by atoms with Crippen LogP contribution < -0.4 is 30.8 Å². The van der Waals surface area contributed by atoms with E-state index < -0.39 is 11.2 Å². The predicted molar refractivity (Wildman–Crippen MR) is 113 cm³/mol. The van der Waals surface area contributed by atoms with Gasteiger partial charge in [0.1, 0.15) is 0 Å². The third kappa shape index (κ3) is 3.98. The van der Waals surface area contributed by atoms with E-state index in [0.717, 1.165) is 4.57 Å². The van der Waals surface area contributed by atoms with Crippen LogP contribution >= 0.6 is 0 Å². The molecule has 0 radical (unpaired) electrons. The number of fused-ring (bicyclic) bond motifs is 1. The molecule has 0 unspecified atom stereocenters. The van der Waals surface area contributed by atoms with Crippen LogP contribution in [-0.4, -0.2) is 52.5 Å². The number of amides is 1. The second-order valence-electron chi connectivity index (χ2n) is 6.84. The largest absolute Gasteiger partial charge is 0.493 e. The van der Waals surface area contributed by atoms with Gasteiger partial charge < -0.3 is 24.1 Å². The monoisotopic (exact) mass is 431 g/mol. The van der Waals surface area contributed by atoms with Gasteiger partial charge >= 0.3 is 5.69 Å². The van der Waals surface area contributed by atoms with E-state index in [1.165, 1.54) is 39.3 Å². The number of aryl methyl sites for hydroxylation is 2. The second-order valence-corrected chi connectivity index (χ2v) is 6.84. The van der Waals surface area contributed by atoms with Crippen LogP contribution in [-0.2, 0) is 20.6 Å². The van der Waals surface area contributed by atoms with Gasteiger partial charge in [0, 0.05) is 32.7 Å². The van der Waals surface area contributed by atoms with Gasteiger partial charge in [-0.05, 0) is 18.6 Å². The quantitative estimate of drug-likeness (QED) is 0.509. The summed E-state index contributed by atoms with van der Waals surface area (Å²) in [6.07, 6.45) is 2.07. The third-order valence-electron chi connectivity index (χ3n) is 5.01. The molecule has 0 atom stereocenters. The molecule has 0 bridgehead atoms. The summed E-state index contributed by atoms with van der Waals surface area (Å²) in [6, 6.07) is 3.15. The average Bonchev–Trinajstić information content (AvgIpc) is 3.21. The fraction of sp³-hybridized carbons (Fsp3) is 0.400. The average molecular weight is 431 g/mol. The highest BCUT2D eigenvalue weighted by Gasteiger charge is 2.17. The first-order chi connectivity index (χ1) is 14.8. The zero-order valence-corrected chi connectivity index (χ0v) is 18.1. The molecule has 2 aromatic heterocycles. The Bertz CT molecular complexity index is 1210. The summed E-state index contributed by atoms with van der Waals surface area (Å²) in [5, 5.41) is 2.83. The highest BCUT2D eigenvalue weighted by Crippen LogP contribution is 2.38. The van der Waals surface area contributed by atoms with E-state index >= 15 is 0 Å². The lowest BCUT2D eigenvalue weighted by atomic mass is 10.1. The van der Waals surface area contributed by atoms with Gasteiger partial charge in [-0.25, -0.2) is 9.78 Å². The smallest absolute Gasteiger partial charge is 0.332 e. The van der Waals surface area contributed by atoms with Crippen molar-refractivity contribution in [3.8, 4) is 17.2 Å². The van der Waals surface area contributed by atoms with E-state index in [0.29, 0.717) is 53.5 Å². The Morgan fingerprint density at radius 1 is 1.03 bits per heavy atom. The van der Waals surface area contributed by atoms with Crippen molar-refractivity contribution in [3.05, 3.63) is 44.9 Å². The number of hydrogen-bond donors (Lipinski definition) is 1. The summed E-state index contributed by atoms with van der Waals surface area (Å²) in [7, 11) is 7.45. The van der Waals surface area contributed by atoms with E-state index in [9.17, 15) is 14.4 Å². The highest BCUT2D eigenvalue weighted by molar-refractivity contribution is 5.95. The molecule has 0 saturated heterocycles. The lowest BCUT2D eigenvalue weighted by Gasteiger charge is -2.14. The van der Waals surface area contributed by atoms with Crippen molar-refractivity contribution in [2.75, 3.05) is 27.9 Å². The van der Waals surface area contributed by atoms with Gasteiger partial charge in [0.2, 0.25) is 5.75 Å². The van der Waals surface area contributed by atoms with Crippen molar-refractivity contribution in [2.24, 2.45) is 14.1 Å². The molecule has 1 aromatic carbocycles. The van der Waals surface area contributed by atoms with Gasteiger partial charge in [0.15, 0.2) is 22.7 Å². The van der Waals surface area contributed by atoms with Crippen molar-refractivity contribution in [2.45, 2.75) is 13.0 Å². The van der Waals surface area contributed by atoms with E-state index in [4.69, 9.17) is 14.2 Å². The number of carbonyl (C=O) groups is 1. The number of hydrogen-bond acceptors (Lipinski definition) is 7. The highest BCUT2D eigenvalue weighted by atomic mass is 16.5. The van der Waals surface area contributed by atoms with Gasteiger partial charge in [-0.2, -0.15) is 0 Å². The molecule has 11 heteroatoms. The van der Waals surface area contributed by atoms with Crippen molar-refractivity contribution < 1.29 is 19.0 Å². The first-order valence-corrected chi connectivity index (χ1v) is 9.53. The van der Waals surface area contributed by atoms with Crippen molar-refractivity contribution in [3.63, 3.8) is 0 Å². The van der Waals surface area contributed by atoms with Crippen molar-refractivity contribution >= 4 is 17.1 Å². The first kappa shape index (κ1) is 21.9. The van der Waals surface area contributed by atoms with E-state index in [1.54, 1.807) is 23.7 Å². The van der Waals surface area contributed by atoms with Crippen LogP contribution in [0.1, 0.15) is 16.8 Å². The summed E-state index contributed by atoms with van der Waals surface area (Å²) < 4.78 is 19.9. The summed E-state index contributed by atoms with van der Waals surface area (Å²) >= 11 is 0. The summed E-state index contributed by atoms with van der Waals surface area (Å²) in [5.74, 6) is 0.884. The van der Waals surface area contributed by atoms with E-state index in [1.807, 2.05) is 0 Å². The van der Waals surface area contributed by atoms with Crippen LogP contribution in [0.5, 0.6) is 17.2 Å². The molecular weight excluding hydrogens is 406 g/mol. The van der Waals surface area contributed by atoms with Crippen molar-refractivity contribution in [1.29, 1.82) is 0 Å². The Balaban J connectivity index is 1.70. The topological polar surface area (TPSA) is 119 Å². The lowest BCUT2D eigenvalue weighted by Crippen LogP contribution is -2.37. The molecule has 3 rings (SSSR count). The van der Waals surface area contributed by atoms with Gasteiger partial charge in [-0.3, -0.25) is 18.7 Å². The fourth-order valence-corrected chi connectivity index (χ4v) is 3.33. The van der Waals surface area contributed by atoms with Crippen LogP contribution in [0, 0.1) is 0 Å². The number of carbonyl (C=O) groups excluding carboxylic acids is 1. The molecule has 31 heavy (non-hydrogen) atoms. The van der Waals surface area contributed by atoms with Gasteiger partial charge in [-0.15, -0.1) is 0 Å². The van der Waals surface area contributed by atoms with Crippen LogP contribution in [0.15, 0.2) is 28.0 Å². The number of rotatable bonds is 8. The Kier molecular flexibility index (Phi) is 6.33. The van der Waals surface area contributed by atoms with Crippen LogP contribution in [0.3, 0.4) is 0 Å². The lowest BCUT2D eigenvalue weighted by molar-refractivity contribution is 0.0952.